The van der Waals surface area contributed by atoms with Gasteiger partial charge in [-0.3, -0.25) is 4.90 Å². The van der Waals surface area contributed by atoms with Gasteiger partial charge in [-0.25, -0.2) is 0 Å². The zero-order valence-electron chi connectivity index (χ0n) is 12.4. The van der Waals surface area contributed by atoms with Crippen molar-refractivity contribution in [3.63, 3.8) is 0 Å². The Bertz CT molecular complexity index is 443. The van der Waals surface area contributed by atoms with Crippen LogP contribution in [0, 0.1) is 0 Å². The van der Waals surface area contributed by atoms with Crippen molar-refractivity contribution in [2.45, 2.75) is 12.5 Å². The van der Waals surface area contributed by atoms with Gasteiger partial charge in [0.05, 0.1) is 10.7 Å². The van der Waals surface area contributed by atoms with Crippen LogP contribution < -0.4 is 10.2 Å². The Hall–Kier alpha value is -0.420. The first-order valence-electron chi connectivity index (χ1n) is 7.86. The van der Waals surface area contributed by atoms with Crippen molar-refractivity contribution in [3.05, 3.63) is 29.3 Å². The number of anilines is 1. The fourth-order valence-corrected chi connectivity index (χ4v) is 4.32. The van der Waals surface area contributed by atoms with E-state index in [2.05, 4.69) is 39.0 Å². The van der Waals surface area contributed by atoms with Gasteiger partial charge in [-0.1, -0.05) is 23.7 Å². The molecule has 0 aliphatic carbocycles. The summed E-state index contributed by atoms with van der Waals surface area (Å²) in [6, 6.07) is 8.89. The number of rotatable bonds is 4. The largest absolute Gasteiger partial charge is 0.368 e. The average Bonchev–Trinajstić information content (AvgIpc) is 2.55. The fourth-order valence-electron chi connectivity index (χ4n) is 3.06. The predicted molar refractivity (Wildman–Crippen MR) is 93.8 cm³/mol. The van der Waals surface area contributed by atoms with Gasteiger partial charge in [0.2, 0.25) is 0 Å². The first-order valence-corrected chi connectivity index (χ1v) is 9.39. The summed E-state index contributed by atoms with van der Waals surface area (Å²) >= 11 is 8.38. The Morgan fingerprint density at radius 3 is 2.71 bits per heavy atom. The van der Waals surface area contributed by atoms with Crippen LogP contribution in [0.2, 0.25) is 5.02 Å². The summed E-state index contributed by atoms with van der Waals surface area (Å²) in [5.74, 6) is 2.55. The highest BCUT2D eigenvalue weighted by molar-refractivity contribution is 7.99. The minimum absolute atomic E-state index is 0.713. The summed E-state index contributed by atoms with van der Waals surface area (Å²) in [6.45, 7) is 6.84. The zero-order chi connectivity index (χ0) is 14.5. The molecule has 1 N–H and O–H groups in total. The van der Waals surface area contributed by atoms with Crippen molar-refractivity contribution >= 4 is 29.1 Å². The van der Waals surface area contributed by atoms with E-state index in [0.717, 1.165) is 31.2 Å². The molecule has 2 saturated heterocycles. The normalized spacial score (nSPS) is 24.2. The molecule has 0 aromatic heterocycles. The van der Waals surface area contributed by atoms with Gasteiger partial charge in [0.1, 0.15) is 0 Å². The molecular formula is C16H24ClN3S. The maximum Gasteiger partial charge on any atom is 0.0639 e. The van der Waals surface area contributed by atoms with Gasteiger partial charge in [-0.05, 0) is 25.1 Å². The Morgan fingerprint density at radius 1 is 1.19 bits per heavy atom. The van der Waals surface area contributed by atoms with Crippen LogP contribution in [0.25, 0.3) is 0 Å². The summed E-state index contributed by atoms with van der Waals surface area (Å²) in [5.41, 5.74) is 1.18. The first-order chi connectivity index (χ1) is 10.3. The van der Waals surface area contributed by atoms with Crippen molar-refractivity contribution in [2.75, 3.05) is 55.7 Å². The van der Waals surface area contributed by atoms with Gasteiger partial charge < -0.3 is 10.2 Å². The lowest BCUT2D eigenvalue weighted by atomic mass is 10.2. The quantitative estimate of drug-likeness (QED) is 0.916. The smallest absolute Gasteiger partial charge is 0.0639 e. The second-order valence-corrected chi connectivity index (χ2v) is 7.35. The molecule has 3 rings (SSSR count). The number of piperazine rings is 1. The molecule has 1 aromatic rings. The van der Waals surface area contributed by atoms with Crippen molar-refractivity contribution in [2.24, 2.45) is 0 Å². The highest BCUT2D eigenvalue weighted by Crippen LogP contribution is 2.26. The van der Waals surface area contributed by atoms with E-state index in [4.69, 9.17) is 11.6 Å². The number of thioether (sulfide) groups is 1. The van der Waals surface area contributed by atoms with Crippen molar-refractivity contribution < 1.29 is 0 Å². The maximum absolute atomic E-state index is 6.29. The number of para-hydroxylation sites is 1. The van der Waals surface area contributed by atoms with Gasteiger partial charge in [0.15, 0.2) is 0 Å². The van der Waals surface area contributed by atoms with E-state index >= 15 is 0 Å². The average molecular weight is 326 g/mol. The van der Waals surface area contributed by atoms with Crippen LogP contribution in [-0.4, -0.2) is 61.7 Å². The lowest BCUT2D eigenvalue weighted by molar-refractivity contribution is 0.245. The van der Waals surface area contributed by atoms with E-state index < -0.39 is 0 Å². The van der Waals surface area contributed by atoms with Crippen molar-refractivity contribution in [1.82, 2.24) is 10.2 Å². The number of hydrogen-bond donors (Lipinski definition) is 1. The number of halogens is 1. The molecule has 2 aliphatic heterocycles. The molecule has 0 radical (unpaired) electrons. The molecule has 116 valence electrons. The number of nitrogens with zero attached hydrogens (tertiary/aromatic N) is 2. The summed E-state index contributed by atoms with van der Waals surface area (Å²) in [7, 11) is 0. The molecule has 1 aromatic carbocycles. The molecule has 1 unspecified atom stereocenters. The third-order valence-electron chi connectivity index (χ3n) is 4.36. The van der Waals surface area contributed by atoms with Crippen LogP contribution in [0.3, 0.4) is 0 Å². The van der Waals surface area contributed by atoms with Crippen molar-refractivity contribution in [1.29, 1.82) is 0 Å². The topological polar surface area (TPSA) is 18.5 Å². The van der Waals surface area contributed by atoms with Crippen LogP contribution in [0.5, 0.6) is 0 Å². The van der Waals surface area contributed by atoms with Crippen LogP contribution in [0.4, 0.5) is 5.69 Å². The van der Waals surface area contributed by atoms with E-state index in [1.165, 1.54) is 36.7 Å². The maximum atomic E-state index is 6.29. The molecule has 3 nitrogen and oxygen atoms in total. The SMILES string of the molecule is Clc1ccccc1N1CCN(CCC2CSCCN2)CC1. The highest BCUT2D eigenvalue weighted by atomic mass is 35.5. The molecule has 0 bridgehead atoms. The third-order valence-corrected chi connectivity index (χ3v) is 5.81. The Morgan fingerprint density at radius 2 is 2.00 bits per heavy atom. The van der Waals surface area contributed by atoms with Crippen LogP contribution in [0.1, 0.15) is 6.42 Å². The summed E-state index contributed by atoms with van der Waals surface area (Å²) in [4.78, 5) is 5.00. The molecule has 0 amide bonds. The summed E-state index contributed by atoms with van der Waals surface area (Å²) in [5, 5.41) is 4.50. The highest BCUT2D eigenvalue weighted by Gasteiger charge is 2.20. The number of benzene rings is 1. The first kappa shape index (κ1) is 15.5. The fraction of sp³-hybridized carbons (Fsp3) is 0.625. The van der Waals surface area contributed by atoms with Crippen LogP contribution in [-0.2, 0) is 0 Å². The molecule has 21 heavy (non-hydrogen) atoms. The van der Waals surface area contributed by atoms with Crippen LogP contribution >= 0.6 is 23.4 Å². The van der Waals surface area contributed by atoms with Gasteiger partial charge in [0.25, 0.3) is 0 Å². The van der Waals surface area contributed by atoms with Gasteiger partial charge in [0, 0.05) is 50.3 Å². The number of nitrogens with one attached hydrogen (secondary N) is 1. The lowest BCUT2D eigenvalue weighted by Crippen LogP contribution is -2.48. The van der Waals surface area contributed by atoms with Gasteiger partial charge in [-0.15, -0.1) is 0 Å². The zero-order valence-corrected chi connectivity index (χ0v) is 14.0. The third kappa shape index (κ3) is 4.28. The minimum Gasteiger partial charge on any atom is -0.368 e. The lowest BCUT2D eigenvalue weighted by Gasteiger charge is -2.37. The van der Waals surface area contributed by atoms with E-state index in [1.54, 1.807) is 0 Å². The molecule has 0 spiro atoms. The van der Waals surface area contributed by atoms with Crippen LogP contribution in [0.15, 0.2) is 24.3 Å². The monoisotopic (exact) mass is 325 g/mol. The predicted octanol–water partition coefficient (Wildman–Crippen LogP) is 2.56. The second-order valence-electron chi connectivity index (χ2n) is 5.79. The minimum atomic E-state index is 0.713. The molecule has 5 heteroatoms. The molecule has 2 heterocycles. The van der Waals surface area contributed by atoms with E-state index in [0.29, 0.717) is 6.04 Å². The van der Waals surface area contributed by atoms with Gasteiger partial charge >= 0.3 is 0 Å². The second kappa shape index (κ2) is 7.73. The summed E-state index contributed by atoms with van der Waals surface area (Å²) in [6.07, 6.45) is 1.28. The molecule has 2 fully saturated rings. The Balaban J connectivity index is 1.43. The Kier molecular flexibility index (Phi) is 5.69. The van der Waals surface area contributed by atoms with Gasteiger partial charge in [-0.2, -0.15) is 11.8 Å². The number of hydrogen-bond acceptors (Lipinski definition) is 4. The van der Waals surface area contributed by atoms with Crippen molar-refractivity contribution in [3.8, 4) is 0 Å². The Labute approximate surface area is 137 Å². The standard InChI is InChI=1S/C16H24ClN3S/c17-15-3-1-2-4-16(15)20-10-8-19(9-11-20)7-5-14-13-21-12-6-18-14/h1-4,14,18H,5-13H2. The van der Waals surface area contributed by atoms with E-state index in [1.807, 2.05) is 12.1 Å². The molecular weight excluding hydrogens is 302 g/mol. The molecule has 0 saturated carbocycles. The van der Waals surface area contributed by atoms with E-state index in [9.17, 15) is 0 Å². The molecule has 2 aliphatic rings. The summed E-state index contributed by atoms with van der Waals surface area (Å²) < 4.78 is 0. The molecule has 1 atom stereocenters. The van der Waals surface area contributed by atoms with E-state index in [-0.39, 0.29) is 0 Å².